The van der Waals surface area contributed by atoms with Crippen LogP contribution in [0.1, 0.15) is 6.92 Å². The second-order valence-corrected chi connectivity index (χ2v) is 7.17. The average molecular weight is 368 g/mol. The zero-order valence-corrected chi connectivity index (χ0v) is 14.7. The third-order valence-electron chi connectivity index (χ3n) is 3.45. The van der Waals surface area contributed by atoms with Gasteiger partial charge in [-0.25, -0.2) is 13.4 Å². The van der Waals surface area contributed by atoms with E-state index in [9.17, 15) is 13.2 Å². The summed E-state index contributed by atoms with van der Waals surface area (Å²) in [5.74, 6) is 0.141. The second kappa shape index (κ2) is 7.32. The number of anilines is 2. The fourth-order valence-electron chi connectivity index (χ4n) is 2.30. The number of carbonyl (C=O) groups is 1. The zero-order chi connectivity index (χ0) is 18.6. The molecule has 132 valence electrons. The number of para-hydroxylation sites is 1. The van der Waals surface area contributed by atoms with Crippen molar-refractivity contribution < 1.29 is 13.2 Å². The van der Waals surface area contributed by atoms with Crippen LogP contribution in [0.4, 0.5) is 11.5 Å². The average Bonchev–Trinajstić information content (AvgIpc) is 2.62. The number of sulfonamides is 1. The number of nitrogens with zero attached hydrogens (tertiary/aromatic N) is 2. The molecule has 0 atom stereocenters. The van der Waals surface area contributed by atoms with Crippen LogP contribution in [0.15, 0.2) is 72.0 Å². The largest absolute Gasteiger partial charge is 0.311 e. The van der Waals surface area contributed by atoms with Crippen molar-refractivity contribution in [2.75, 3.05) is 10.0 Å². The molecule has 1 aromatic carbocycles. The molecule has 7 nitrogen and oxygen atoms in total. The molecule has 0 fully saturated rings. The van der Waals surface area contributed by atoms with Gasteiger partial charge >= 0.3 is 0 Å². The summed E-state index contributed by atoms with van der Waals surface area (Å²) in [6, 6.07) is 13.5. The van der Waals surface area contributed by atoms with Crippen molar-refractivity contribution in [3.05, 3.63) is 67.1 Å². The third-order valence-corrected chi connectivity index (χ3v) is 4.80. The van der Waals surface area contributed by atoms with Gasteiger partial charge in [-0.15, -0.1) is 0 Å². The molecule has 3 aromatic rings. The van der Waals surface area contributed by atoms with Gasteiger partial charge in [0.05, 0.1) is 0 Å². The van der Waals surface area contributed by atoms with Crippen LogP contribution < -0.4 is 10.0 Å². The third kappa shape index (κ3) is 4.22. The molecule has 0 spiro atoms. The number of pyridine rings is 2. The maximum Gasteiger partial charge on any atom is 0.263 e. The summed E-state index contributed by atoms with van der Waals surface area (Å²) in [5, 5.41) is 2.59. The van der Waals surface area contributed by atoms with Gasteiger partial charge in [0, 0.05) is 36.8 Å². The Morgan fingerprint density at radius 2 is 1.77 bits per heavy atom. The number of nitrogens with one attached hydrogen (secondary N) is 2. The quantitative estimate of drug-likeness (QED) is 0.721. The van der Waals surface area contributed by atoms with E-state index < -0.39 is 10.0 Å². The maximum absolute atomic E-state index is 12.6. The fraction of sp³-hybridized carbons (Fsp3) is 0.0556. The van der Waals surface area contributed by atoms with Gasteiger partial charge in [-0.05, 0) is 35.9 Å². The summed E-state index contributed by atoms with van der Waals surface area (Å²) in [6.07, 6.45) is 4.36. The summed E-state index contributed by atoms with van der Waals surface area (Å²) >= 11 is 0. The van der Waals surface area contributed by atoms with Gasteiger partial charge in [0.15, 0.2) is 0 Å². The van der Waals surface area contributed by atoms with E-state index in [4.69, 9.17) is 0 Å². The summed E-state index contributed by atoms with van der Waals surface area (Å²) < 4.78 is 27.7. The molecule has 0 aliphatic heterocycles. The molecule has 8 heteroatoms. The van der Waals surface area contributed by atoms with Crippen LogP contribution in [-0.2, 0) is 14.8 Å². The number of aromatic nitrogens is 2. The van der Waals surface area contributed by atoms with Crippen LogP contribution in [0.2, 0.25) is 0 Å². The van der Waals surface area contributed by atoms with Crippen LogP contribution in [0.25, 0.3) is 11.1 Å². The number of rotatable bonds is 5. The Hall–Kier alpha value is -3.26. The molecule has 2 N–H and O–H groups in total. The van der Waals surface area contributed by atoms with Gasteiger partial charge in [0.2, 0.25) is 5.91 Å². The number of hydrogen-bond acceptors (Lipinski definition) is 5. The second-order valence-electron chi connectivity index (χ2n) is 5.49. The zero-order valence-electron chi connectivity index (χ0n) is 13.9. The minimum absolute atomic E-state index is 0.0387. The first-order valence-corrected chi connectivity index (χ1v) is 9.19. The highest BCUT2D eigenvalue weighted by atomic mass is 32.2. The summed E-state index contributed by atoms with van der Waals surface area (Å²) in [7, 11) is -3.77. The topological polar surface area (TPSA) is 101 Å². The molecule has 0 bridgehead atoms. The molecule has 1 amide bonds. The van der Waals surface area contributed by atoms with Crippen LogP contribution >= 0.6 is 0 Å². The lowest BCUT2D eigenvalue weighted by molar-refractivity contribution is -0.114. The van der Waals surface area contributed by atoms with Crippen molar-refractivity contribution in [3.63, 3.8) is 0 Å². The van der Waals surface area contributed by atoms with E-state index in [0.29, 0.717) is 22.6 Å². The van der Waals surface area contributed by atoms with E-state index in [1.807, 2.05) is 0 Å². The van der Waals surface area contributed by atoms with E-state index in [-0.39, 0.29) is 10.8 Å². The smallest absolute Gasteiger partial charge is 0.263 e. The molecular formula is C18H16N4O3S. The summed E-state index contributed by atoms with van der Waals surface area (Å²) in [6.45, 7) is 1.39. The minimum Gasteiger partial charge on any atom is -0.311 e. The predicted octanol–water partition coefficient (Wildman–Crippen LogP) is 2.90. The molecule has 0 saturated carbocycles. The number of amides is 1. The number of hydrogen-bond donors (Lipinski definition) is 2. The van der Waals surface area contributed by atoms with Crippen molar-refractivity contribution >= 4 is 27.4 Å². The molecule has 3 rings (SSSR count). The highest BCUT2D eigenvalue weighted by molar-refractivity contribution is 7.92. The SMILES string of the molecule is CC(=O)Nc1cc(-c2cncc(S(=O)(=O)Nc3ccccc3)c2)ccn1. The molecule has 0 aliphatic rings. The van der Waals surface area contributed by atoms with E-state index >= 15 is 0 Å². The summed E-state index contributed by atoms with van der Waals surface area (Å²) in [5.41, 5.74) is 1.75. The molecule has 0 unspecified atom stereocenters. The Balaban J connectivity index is 1.92. The van der Waals surface area contributed by atoms with Crippen LogP contribution in [0.3, 0.4) is 0 Å². The van der Waals surface area contributed by atoms with Crippen molar-refractivity contribution in [1.29, 1.82) is 0 Å². The predicted molar refractivity (Wildman–Crippen MR) is 99.0 cm³/mol. The molecule has 0 saturated heterocycles. The molecule has 0 aliphatic carbocycles. The molecule has 26 heavy (non-hydrogen) atoms. The van der Waals surface area contributed by atoms with Gasteiger partial charge in [0.25, 0.3) is 10.0 Å². The van der Waals surface area contributed by atoms with Gasteiger partial charge < -0.3 is 5.32 Å². The van der Waals surface area contributed by atoms with E-state index in [1.165, 1.54) is 25.4 Å². The summed E-state index contributed by atoms with van der Waals surface area (Å²) in [4.78, 5) is 19.3. The molecular weight excluding hydrogens is 352 g/mol. The Morgan fingerprint density at radius 3 is 2.50 bits per heavy atom. The Labute approximate surface area is 151 Å². The first-order valence-electron chi connectivity index (χ1n) is 7.71. The highest BCUT2D eigenvalue weighted by Crippen LogP contribution is 2.24. The van der Waals surface area contributed by atoms with Gasteiger partial charge in [-0.3, -0.25) is 14.5 Å². The van der Waals surface area contributed by atoms with Gasteiger partial charge in [-0.1, -0.05) is 18.2 Å². The van der Waals surface area contributed by atoms with Crippen LogP contribution in [0.5, 0.6) is 0 Å². The van der Waals surface area contributed by atoms with Crippen molar-refractivity contribution in [1.82, 2.24) is 9.97 Å². The molecule has 2 aromatic heterocycles. The minimum atomic E-state index is -3.77. The van der Waals surface area contributed by atoms with Crippen molar-refractivity contribution in [2.45, 2.75) is 11.8 Å². The van der Waals surface area contributed by atoms with E-state index in [2.05, 4.69) is 20.0 Å². The van der Waals surface area contributed by atoms with Crippen LogP contribution in [0, 0.1) is 0 Å². The lowest BCUT2D eigenvalue weighted by Crippen LogP contribution is -2.13. The lowest BCUT2D eigenvalue weighted by Gasteiger charge is -2.09. The molecule has 2 heterocycles. The highest BCUT2D eigenvalue weighted by Gasteiger charge is 2.16. The maximum atomic E-state index is 12.6. The van der Waals surface area contributed by atoms with Crippen molar-refractivity contribution in [2.24, 2.45) is 0 Å². The number of carbonyl (C=O) groups excluding carboxylic acids is 1. The fourth-order valence-corrected chi connectivity index (χ4v) is 3.35. The van der Waals surface area contributed by atoms with Crippen LogP contribution in [-0.4, -0.2) is 24.3 Å². The van der Waals surface area contributed by atoms with Gasteiger partial charge in [-0.2, -0.15) is 0 Å². The number of benzene rings is 1. The standard InChI is InChI=1S/C18H16N4O3S/c1-13(23)21-18-10-14(7-8-20-18)15-9-17(12-19-11-15)26(24,25)22-16-5-3-2-4-6-16/h2-12,22H,1H3,(H,20,21,23). The van der Waals surface area contributed by atoms with Gasteiger partial charge in [0.1, 0.15) is 10.7 Å². The first kappa shape index (κ1) is 17.6. The lowest BCUT2D eigenvalue weighted by atomic mass is 10.1. The normalized spacial score (nSPS) is 11.0. The van der Waals surface area contributed by atoms with E-state index in [1.54, 1.807) is 48.7 Å². The Kier molecular flexibility index (Phi) is 4.94. The molecule has 0 radical (unpaired) electrons. The monoisotopic (exact) mass is 368 g/mol. The van der Waals surface area contributed by atoms with Crippen molar-refractivity contribution in [3.8, 4) is 11.1 Å². The first-order chi connectivity index (χ1) is 12.4. The van der Waals surface area contributed by atoms with E-state index in [0.717, 1.165) is 0 Å². The Bertz CT molecular complexity index is 1040. The Morgan fingerprint density at radius 1 is 1.00 bits per heavy atom.